The molecule has 1 atom stereocenters. The van der Waals surface area contributed by atoms with Gasteiger partial charge in [-0.2, -0.15) is 5.10 Å². The lowest BCUT2D eigenvalue weighted by Crippen LogP contribution is -2.35. The molecule has 1 aliphatic heterocycles. The van der Waals surface area contributed by atoms with Crippen LogP contribution in [0.3, 0.4) is 0 Å². The van der Waals surface area contributed by atoms with Gasteiger partial charge < -0.3 is 10.2 Å². The molecule has 3 rings (SSSR count). The molecule has 0 fully saturated rings. The number of anilines is 1. The van der Waals surface area contributed by atoms with Gasteiger partial charge in [-0.25, -0.2) is 0 Å². The molecule has 1 aromatic carbocycles. The van der Waals surface area contributed by atoms with Crippen molar-refractivity contribution in [2.45, 2.75) is 32.9 Å². The van der Waals surface area contributed by atoms with Crippen LogP contribution in [0.5, 0.6) is 0 Å². The summed E-state index contributed by atoms with van der Waals surface area (Å²) in [6.07, 6.45) is 1.15. The van der Waals surface area contributed by atoms with Crippen LogP contribution in [0.2, 0.25) is 0 Å². The van der Waals surface area contributed by atoms with Crippen molar-refractivity contribution in [2.75, 3.05) is 18.0 Å². The van der Waals surface area contributed by atoms with Crippen molar-refractivity contribution in [3.63, 3.8) is 0 Å². The van der Waals surface area contributed by atoms with E-state index in [1.807, 2.05) is 11.7 Å². The molecule has 0 saturated heterocycles. The van der Waals surface area contributed by atoms with E-state index in [4.69, 9.17) is 0 Å². The third kappa shape index (κ3) is 2.81. The Morgan fingerprint density at radius 1 is 1.33 bits per heavy atom. The van der Waals surface area contributed by atoms with Gasteiger partial charge in [-0.3, -0.25) is 4.68 Å². The normalized spacial score (nSPS) is 17.9. The number of hydrogen-bond donors (Lipinski definition) is 1. The van der Waals surface area contributed by atoms with Gasteiger partial charge in [-0.15, -0.1) is 0 Å². The van der Waals surface area contributed by atoms with Crippen LogP contribution >= 0.6 is 0 Å². The Balaban J connectivity index is 1.87. The molecule has 0 saturated carbocycles. The minimum atomic E-state index is 0.482. The first-order valence-electron chi connectivity index (χ1n) is 7.76. The molecule has 2 aromatic rings. The molecule has 0 bridgehead atoms. The third-order valence-electron chi connectivity index (χ3n) is 4.24. The number of para-hydroxylation sites is 1. The molecule has 112 valence electrons. The van der Waals surface area contributed by atoms with Gasteiger partial charge in [0.25, 0.3) is 0 Å². The van der Waals surface area contributed by atoms with Crippen LogP contribution in [0.15, 0.2) is 30.3 Å². The number of aryl methyl sites for hydroxylation is 2. The van der Waals surface area contributed by atoms with Gasteiger partial charge in [-0.05, 0) is 37.6 Å². The van der Waals surface area contributed by atoms with Crippen LogP contribution in [0.4, 0.5) is 5.69 Å². The summed E-state index contributed by atoms with van der Waals surface area (Å²) in [4.78, 5) is 2.47. The van der Waals surface area contributed by atoms with E-state index in [2.05, 4.69) is 59.5 Å². The van der Waals surface area contributed by atoms with Gasteiger partial charge in [-0.1, -0.05) is 25.1 Å². The first kappa shape index (κ1) is 14.1. The topological polar surface area (TPSA) is 33.1 Å². The van der Waals surface area contributed by atoms with Crippen molar-refractivity contribution in [1.29, 1.82) is 0 Å². The van der Waals surface area contributed by atoms with Crippen molar-refractivity contribution in [3.8, 4) is 0 Å². The maximum absolute atomic E-state index is 4.45. The Kier molecular flexibility index (Phi) is 3.97. The second kappa shape index (κ2) is 5.90. The smallest absolute Gasteiger partial charge is 0.0599 e. The molecule has 0 spiro atoms. The summed E-state index contributed by atoms with van der Waals surface area (Å²) in [6, 6.07) is 11.4. The fraction of sp³-hybridized carbons (Fsp3) is 0.471. The van der Waals surface area contributed by atoms with Crippen molar-refractivity contribution >= 4 is 5.69 Å². The molecule has 0 radical (unpaired) electrons. The molecule has 1 aliphatic rings. The average molecular weight is 284 g/mol. The summed E-state index contributed by atoms with van der Waals surface area (Å²) in [7, 11) is 2.03. The minimum absolute atomic E-state index is 0.482. The van der Waals surface area contributed by atoms with Crippen LogP contribution in [0.1, 0.15) is 36.3 Å². The lowest BCUT2D eigenvalue weighted by atomic mass is 9.96. The fourth-order valence-corrected chi connectivity index (χ4v) is 3.26. The summed E-state index contributed by atoms with van der Waals surface area (Å²) in [5.41, 5.74) is 5.13. The summed E-state index contributed by atoms with van der Waals surface area (Å²) < 4.78 is 1.99. The van der Waals surface area contributed by atoms with Gasteiger partial charge in [0.05, 0.1) is 17.9 Å². The molecular weight excluding hydrogens is 260 g/mol. The molecule has 1 unspecified atom stereocenters. The highest BCUT2D eigenvalue weighted by atomic mass is 15.3. The number of hydrogen-bond acceptors (Lipinski definition) is 3. The highest BCUT2D eigenvalue weighted by Crippen LogP contribution is 2.34. The predicted octanol–water partition coefficient (Wildman–Crippen LogP) is 2.79. The molecule has 4 nitrogen and oxygen atoms in total. The maximum Gasteiger partial charge on any atom is 0.0599 e. The Morgan fingerprint density at radius 2 is 2.14 bits per heavy atom. The standard InChI is InChI=1S/C17H24N4/c1-4-18-16-9-10-21(17-8-6-5-7-15(16)17)12-14-11-13(2)19-20(14)3/h5-8,11,16,18H,4,9-10,12H2,1-3H3. The van der Waals surface area contributed by atoms with E-state index in [1.54, 1.807) is 0 Å². The molecule has 4 heteroatoms. The van der Waals surface area contributed by atoms with E-state index in [-0.39, 0.29) is 0 Å². The first-order chi connectivity index (χ1) is 10.2. The zero-order chi connectivity index (χ0) is 14.8. The highest BCUT2D eigenvalue weighted by Gasteiger charge is 2.24. The number of rotatable bonds is 4. The van der Waals surface area contributed by atoms with Gasteiger partial charge >= 0.3 is 0 Å². The predicted molar refractivity (Wildman–Crippen MR) is 86.5 cm³/mol. The lowest BCUT2D eigenvalue weighted by Gasteiger charge is -2.36. The van der Waals surface area contributed by atoms with E-state index in [9.17, 15) is 0 Å². The second-order valence-electron chi connectivity index (χ2n) is 5.78. The Labute approximate surface area is 126 Å². The molecular formula is C17H24N4. The van der Waals surface area contributed by atoms with Gasteiger partial charge in [0.15, 0.2) is 0 Å². The van der Waals surface area contributed by atoms with Crippen LogP contribution in [0.25, 0.3) is 0 Å². The van der Waals surface area contributed by atoms with E-state index in [0.717, 1.165) is 31.7 Å². The number of fused-ring (bicyclic) bond motifs is 1. The van der Waals surface area contributed by atoms with Gasteiger partial charge in [0.1, 0.15) is 0 Å². The zero-order valence-electron chi connectivity index (χ0n) is 13.1. The van der Waals surface area contributed by atoms with E-state index < -0.39 is 0 Å². The third-order valence-corrected chi connectivity index (χ3v) is 4.24. The van der Waals surface area contributed by atoms with Crippen molar-refractivity contribution in [3.05, 3.63) is 47.3 Å². The number of aromatic nitrogens is 2. The fourth-order valence-electron chi connectivity index (χ4n) is 3.26. The number of nitrogens with one attached hydrogen (secondary N) is 1. The maximum atomic E-state index is 4.45. The van der Waals surface area contributed by atoms with E-state index in [1.165, 1.54) is 16.9 Å². The van der Waals surface area contributed by atoms with Gasteiger partial charge in [0.2, 0.25) is 0 Å². The summed E-state index contributed by atoms with van der Waals surface area (Å²) >= 11 is 0. The summed E-state index contributed by atoms with van der Waals surface area (Å²) in [5, 5.41) is 8.05. The second-order valence-corrected chi connectivity index (χ2v) is 5.78. The van der Waals surface area contributed by atoms with Crippen LogP contribution in [-0.4, -0.2) is 22.9 Å². The monoisotopic (exact) mass is 284 g/mol. The van der Waals surface area contributed by atoms with Crippen molar-refractivity contribution in [2.24, 2.45) is 7.05 Å². The van der Waals surface area contributed by atoms with Crippen molar-refractivity contribution in [1.82, 2.24) is 15.1 Å². The van der Waals surface area contributed by atoms with E-state index >= 15 is 0 Å². The molecule has 0 amide bonds. The molecule has 2 heterocycles. The van der Waals surface area contributed by atoms with Crippen molar-refractivity contribution < 1.29 is 0 Å². The summed E-state index contributed by atoms with van der Waals surface area (Å²) in [5.74, 6) is 0. The summed E-state index contributed by atoms with van der Waals surface area (Å²) in [6.45, 7) is 7.24. The Bertz CT molecular complexity index is 617. The highest BCUT2D eigenvalue weighted by molar-refractivity contribution is 5.57. The van der Waals surface area contributed by atoms with Gasteiger partial charge in [0, 0.05) is 25.3 Å². The molecule has 0 aliphatic carbocycles. The van der Waals surface area contributed by atoms with Crippen LogP contribution in [0, 0.1) is 6.92 Å². The quantitative estimate of drug-likeness (QED) is 0.937. The Morgan fingerprint density at radius 3 is 2.86 bits per heavy atom. The lowest BCUT2D eigenvalue weighted by molar-refractivity contribution is 0.486. The first-order valence-corrected chi connectivity index (χ1v) is 7.76. The van der Waals surface area contributed by atoms with E-state index in [0.29, 0.717) is 6.04 Å². The number of benzene rings is 1. The zero-order valence-corrected chi connectivity index (χ0v) is 13.1. The Hall–Kier alpha value is -1.81. The largest absolute Gasteiger partial charge is 0.365 e. The minimum Gasteiger partial charge on any atom is -0.365 e. The SMILES string of the molecule is CCNC1CCN(Cc2cc(C)nn2C)c2ccccc21. The molecule has 21 heavy (non-hydrogen) atoms. The molecule has 1 N–H and O–H groups in total. The average Bonchev–Trinajstić information content (AvgIpc) is 2.80. The molecule has 1 aromatic heterocycles. The van der Waals surface area contributed by atoms with Crippen LogP contribution < -0.4 is 10.2 Å². The number of nitrogens with zero attached hydrogens (tertiary/aromatic N) is 3. The van der Waals surface area contributed by atoms with Crippen LogP contribution in [-0.2, 0) is 13.6 Å².